The third-order valence-corrected chi connectivity index (χ3v) is 3.71. The van der Waals surface area contributed by atoms with E-state index in [1.54, 1.807) is 0 Å². The number of halogens is 1. The van der Waals surface area contributed by atoms with Gasteiger partial charge in [-0.25, -0.2) is 9.97 Å². The Bertz CT molecular complexity index is 793. The van der Waals surface area contributed by atoms with E-state index >= 15 is 0 Å². The molecule has 0 saturated heterocycles. The standard InChI is InChI=1S/C17H16ClN3O/c1-21(9-10-22)17-19-15-8-7-13(18)11-14(15)16(20-17)12-5-3-2-4-6-12/h2-8,11,22H,9-10H2,1H3. The van der Waals surface area contributed by atoms with Crippen molar-refractivity contribution in [3.05, 3.63) is 53.6 Å². The minimum Gasteiger partial charge on any atom is -0.395 e. The van der Waals surface area contributed by atoms with Crippen LogP contribution < -0.4 is 4.90 Å². The second kappa shape index (κ2) is 6.30. The Kier molecular flexibility index (Phi) is 4.22. The molecule has 3 aromatic rings. The molecule has 1 N–H and O–H groups in total. The average molecular weight is 314 g/mol. The maximum atomic E-state index is 9.12. The molecule has 22 heavy (non-hydrogen) atoms. The Hall–Kier alpha value is -2.17. The average Bonchev–Trinajstić information content (AvgIpc) is 2.55. The number of aliphatic hydroxyl groups is 1. The molecule has 0 spiro atoms. The van der Waals surface area contributed by atoms with E-state index in [4.69, 9.17) is 16.7 Å². The molecule has 2 aromatic carbocycles. The Morgan fingerprint density at radius 1 is 1.09 bits per heavy atom. The molecule has 0 fully saturated rings. The summed E-state index contributed by atoms with van der Waals surface area (Å²) in [5.74, 6) is 0.586. The lowest BCUT2D eigenvalue weighted by atomic mass is 10.1. The van der Waals surface area contributed by atoms with Gasteiger partial charge in [0.1, 0.15) is 0 Å². The highest BCUT2D eigenvalue weighted by molar-refractivity contribution is 6.31. The third-order valence-electron chi connectivity index (χ3n) is 3.47. The maximum Gasteiger partial charge on any atom is 0.226 e. The van der Waals surface area contributed by atoms with Crippen LogP contribution in [0.15, 0.2) is 48.5 Å². The molecule has 0 aliphatic heterocycles. The quantitative estimate of drug-likeness (QED) is 0.802. The van der Waals surface area contributed by atoms with Crippen molar-refractivity contribution < 1.29 is 5.11 Å². The van der Waals surface area contributed by atoms with Gasteiger partial charge in [-0.05, 0) is 18.2 Å². The van der Waals surface area contributed by atoms with Gasteiger partial charge in [-0.1, -0.05) is 41.9 Å². The van der Waals surface area contributed by atoms with Crippen molar-refractivity contribution in [2.24, 2.45) is 0 Å². The number of anilines is 1. The molecule has 0 radical (unpaired) electrons. The molecule has 0 aliphatic carbocycles. The van der Waals surface area contributed by atoms with Crippen molar-refractivity contribution in [3.8, 4) is 11.3 Å². The largest absolute Gasteiger partial charge is 0.395 e. The molecule has 0 unspecified atom stereocenters. The minimum atomic E-state index is 0.0547. The van der Waals surface area contributed by atoms with Crippen LogP contribution in [0, 0.1) is 0 Å². The highest BCUT2D eigenvalue weighted by atomic mass is 35.5. The summed E-state index contributed by atoms with van der Waals surface area (Å²) in [6, 6.07) is 15.5. The van der Waals surface area contributed by atoms with Crippen LogP contribution in [-0.4, -0.2) is 35.3 Å². The van der Waals surface area contributed by atoms with Crippen LogP contribution in [0.4, 0.5) is 5.95 Å². The summed E-state index contributed by atoms with van der Waals surface area (Å²) in [5, 5.41) is 10.7. The van der Waals surface area contributed by atoms with E-state index in [-0.39, 0.29) is 6.61 Å². The number of hydrogen-bond acceptors (Lipinski definition) is 4. The lowest BCUT2D eigenvalue weighted by Crippen LogP contribution is -2.23. The number of fused-ring (bicyclic) bond motifs is 1. The van der Waals surface area contributed by atoms with Crippen molar-refractivity contribution >= 4 is 28.5 Å². The van der Waals surface area contributed by atoms with Gasteiger partial charge < -0.3 is 10.0 Å². The summed E-state index contributed by atoms with van der Waals surface area (Å²) in [6.07, 6.45) is 0. The van der Waals surface area contributed by atoms with E-state index < -0.39 is 0 Å². The molecule has 1 aromatic heterocycles. The van der Waals surface area contributed by atoms with Gasteiger partial charge in [0.25, 0.3) is 0 Å². The van der Waals surface area contributed by atoms with Crippen molar-refractivity contribution in [2.45, 2.75) is 0 Å². The molecule has 0 saturated carbocycles. The Balaban J connectivity index is 2.24. The van der Waals surface area contributed by atoms with E-state index in [2.05, 4.69) is 9.97 Å². The molecule has 112 valence electrons. The first kappa shape index (κ1) is 14.8. The number of likely N-dealkylation sites (N-methyl/N-ethyl adjacent to an activating group) is 1. The van der Waals surface area contributed by atoms with Crippen LogP contribution in [-0.2, 0) is 0 Å². The summed E-state index contributed by atoms with van der Waals surface area (Å²) in [7, 11) is 1.86. The maximum absolute atomic E-state index is 9.12. The molecule has 0 amide bonds. The fraction of sp³-hybridized carbons (Fsp3) is 0.176. The molecule has 1 heterocycles. The highest BCUT2D eigenvalue weighted by Crippen LogP contribution is 2.29. The third kappa shape index (κ3) is 2.89. The number of benzene rings is 2. The molecular formula is C17H16ClN3O. The number of nitrogens with zero attached hydrogens (tertiary/aromatic N) is 3. The van der Waals surface area contributed by atoms with Crippen molar-refractivity contribution in [2.75, 3.05) is 25.1 Å². The van der Waals surface area contributed by atoms with Crippen LogP contribution in [0.3, 0.4) is 0 Å². The lowest BCUT2D eigenvalue weighted by molar-refractivity contribution is 0.303. The number of aromatic nitrogens is 2. The van der Waals surface area contributed by atoms with Gasteiger partial charge in [0.2, 0.25) is 5.95 Å². The highest BCUT2D eigenvalue weighted by Gasteiger charge is 2.12. The van der Waals surface area contributed by atoms with Crippen molar-refractivity contribution in [1.29, 1.82) is 0 Å². The second-order valence-corrected chi connectivity index (χ2v) is 5.48. The smallest absolute Gasteiger partial charge is 0.226 e. The molecule has 0 bridgehead atoms. The normalized spacial score (nSPS) is 10.9. The Morgan fingerprint density at radius 2 is 1.86 bits per heavy atom. The van der Waals surface area contributed by atoms with Gasteiger partial charge in [0.15, 0.2) is 0 Å². The van der Waals surface area contributed by atoms with Gasteiger partial charge >= 0.3 is 0 Å². The van der Waals surface area contributed by atoms with E-state index in [1.165, 1.54) is 0 Å². The summed E-state index contributed by atoms with van der Waals surface area (Å²) in [4.78, 5) is 11.1. The molecular weight excluding hydrogens is 298 g/mol. The van der Waals surface area contributed by atoms with Gasteiger partial charge in [-0.3, -0.25) is 0 Å². The molecule has 4 nitrogen and oxygen atoms in total. The predicted octanol–water partition coefficient (Wildman–Crippen LogP) is 3.38. The fourth-order valence-corrected chi connectivity index (χ4v) is 2.50. The Labute approximate surface area is 134 Å². The molecule has 0 aliphatic rings. The zero-order valence-electron chi connectivity index (χ0n) is 12.2. The molecule has 3 rings (SSSR count). The number of rotatable bonds is 4. The van der Waals surface area contributed by atoms with Gasteiger partial charge in [0.05, 0.1) is 17.8 Å². The second-order valence-electron chi connectivity index (χ2n) is 5.04. The SMILES string of the molecule is CN(CCO)c1nc(-c2ccccc2)c2cc(Cl)ccc2n1. The first-order chi connectivity index (χ1) is 10.7. The summed E-state index contributed by atoms with van der Waals surface area (Å²) in [6.45, 7) is 0.534. The predicted molar refractivity (Wildman–Crippen MR) is 90.3 cm³/mol. The van der Waals surface area contributed by atoms with Crippen LogP contribution in [0.25, 0.3) is 22.2 Å². The first-order valence-electron chi connectivity index (χ1n) is 7.04. The Morgan fingerprint density at radius 3 is 2.59 bits per heavy atom. The molecule has 0 atom stereocenters. The lowest BCUT2D eigenvalue weighted by Gasteiger charge is -2.17. The topological polar surface area (TPSA) is 49.2 Å². The minimum absolute atomic E-state index is 0.0547. The van der Waals surface area contributed by atoms with E-state index in [9.17, 15) is 0 Å². The van der Waals surface area contributed by atoms with Gasteiger partial charge in [-0.2, -0.15) is 0 Å². The molecule has 5 heteroatoms. The summed E-state index contributed by atoms with van der Waals surface area (Å²) >= 11 is 6.13. The van der Waals surface area contributed by atoms with Crippen LogP contribution in [0.1, 0.15) is 0 Å². The van der Waals surface area contributed by atoms with E-state index in [1.807, 2.05) is 60.5 Å². The zero-order valence-corrected chi connectivity index (χ0v) is 13.0. The van der Waals surface area contributed by atoms with Crippen LogP contribution in [0.5, 0.6) is 0 Å². The zero-order chi connectivity index (χ0) is 15.5. The van der Waals surface area contributed by atoms with Crippen molar-refractivity contribution in [1.82, 2.24) is 9.97 Å². The van der Waals surface area contributed by atoms with Gasteiger partial charge in [0, 0.05) is 29.6 Å². The number of aliphatic hydroxyl groups excluding tert-OH is 1. The first-order valence-corrected chi connectivity index (χ1v) is 7.41. The monoisotopic (exact) mass is 313 g/mol. The summed E-state index contributed by atoms with van der Waals surface area (Å²) in [5.41, 5.74) is 2.68. The van der Waals surface area contributed by atoms with E-state index in [0.29, 0.717) is 17.5 Å². The van der Waals surface area contributed by atoms with Crippen molar-refractivity contribution in [3.63, 3.8) is 0 Å². The fourth-order valence-electron chi connectivity index (χ4n) is 2.33. The van der Waals surface area contributed by atoms with Crippen LogP contribution >= 0.6 is 11.6 Å². The number of hydrogen-bond donors (Lipinski definition) is 1. The van der Waals surface area contributed by atoms with Crippen LogP contribution in [0.2, 0.25) is 5.02 Å². The van der Waals surface area contributed by atoms with Gasteiger partial charge in [-0.15, -0.1) is 0 Å². The van der Waals surface area contributed by atoms with E-state index in [0.717, 1.165) is 22.2 Å². The summed E-state index contributed by atoms with van der Waals surface area (Å²) < 4.78 is 0.